The van der Waals surface area contributed by atoms with E-state index in [1.807, 2.05) is 0 Å². The summed E-state index contributed by atoms with van der Waals surface area (Å²) in [7, 11) is -3.95. The first kappa shape index (κ1) is 15.1. The highest BCUT2D eigenvalue weighted by Gasteiger charge is 2.18. The molecule has 0 aliphatic carbocycles. The number of hydrogen-bond acceptors (Lipinski definition) is 7. The lowest BCUT2D eigenvalue weighted by Crippen LogP contribution is -2.14. The van der Waals surface area contributed by atoms with Crippen LogP contribution in [0.15, 0.2) is 40.0 Å². The first-order valence-electron chi connectivity index (χ1n) is 5.34. The molecule has 0 fully saturated rings. The minimum absolute atomic E-state index is 0.0433. The Kier molecular flexibility index (Phi) is 4.04. The second-order valence-corrected chi connectivity index (χ2v) is 6.34. The average molecular weight is 374 g/mol. The Hall–Kier alpha value is -2.27. The lowest BCUT2D eigenvalue weighted by Gasteiger charge is -2.07. The molecule has 0 saturated heterocycles. The zero-order valence-corrected chi connectivity index (χ0v) is 12.6. The number of nitrogens with one attached hydrogen (secondary N) is 1. The van der Waals surface area contributed by atoms with Crippen molar-refractivity contribution in [2.45, 2.75) is 4.90 Å². The van der Waals surface area contributed by atoms with Crippen molar-refractivity contribution in [1.82, 2.24) is 9.97 Å². The van der Waals surface area contributed by atoms with Crippen molar-refractivity contribution >= 4 is 43.3 Å². The molecule has 0 atom stereocenters. The Morgan fingerprint density at radius 2 is 1.90 bits per heavy atom. The van der Waals surface area contributed by atoms with Gasteiger partial charge < -0.3 is 5.73 Å². The van der Waals surface area contributed by atoms with E-state index < -0.39 is 14.9 Å². The number of nitro benzene ring substituents is 1. The summed E-state index contributed by atoms with van der Waals surface area (Å²) in [5.74, 6) is -0.0618. The highest BCUT2D eigenvalue weighted by atomic mass is 79.9. The number of nitrogens with zero attached hydrogens (tertiary/aromatic N) is 3. The van der Waals surface area contributed by atoms with Gasteiger partial charge in [0.15, 0.2) is 0 Å². The largest absolute Gasteiger partial charge is 0.368 e. The van der Waals surface area contributed by atoms with Crippen LogP contribution in [0.1, 0.15) is 0 Å². The molecule has 1 heterocycles. The third kappa shape index (κ3) is 3.44. The Balaban J connectivity index is 2.35. The van der Waals surface area contributed by atoms with Gasteiger partial charge in [0.05, 0.1) is 27.5 Å². The predicted octanol–water partition coefficient (Wildman–Crippen LogP) is 1.53. The fraction of sp³-hybridized carbons (Fsp3) is 0. The van der Waals surface area contributed by atoms with Gasteiger partial charge in [0.2, 0.25) is 5.95 Å². The molecule has 0 spiro atoms. The molecule has 110 valence electrons. The molecule has 0 amide bonds. The molecular weight excluding hydrogens is 366 g/mol. The normalized spacial score (nSPS) is 11.1. The van der Waals surface area contributed by atoms with E-state index in [0.717, 1.165) is 18.5 Å². The zero-order valence-electron chi connectivity index (χ0n) is 10.2. The monoisotopic (exact) mass is 373 g/mol. The van der Waals surface area contributed by atoms with Crippen LogP contribution in [-0.2, 0) is 10.0 Å². The van der Waals surface area contributed by atoms with Crippen LogP contribution in [0, 0.1) is 10.1 Å². The van der Waals surface area contributed by atoms with Crippen molar-refractivity contribution in [1.29, 1.82) is 0 Å². The van der Waals surface area contributed by atoms with Gasteiger partial charge in [-0.2, -0.15) is 0 Å². The number of rotatable bonds is 4. The van der Waals surface area contributed by atoms with E-state index >= 15 is 0 Å². The second kappa shape index (κ2) is 5.61. The van der Waals surface area contributed by atoms with Crippen molar-refractivity contribution in [3.63, 3.8) is 0 Å². The number of anilines is 2. The molecule has 1 aromatic carbocycles. The molecule has 0 aliphatic rings. The van der Waals surface area contributed by atoms with Crippen LogP contribution in [0.4, 0.5) is 17.3 Å². The molecule has 0 unspecified atom stereocenters. The molecular formula is C10H8BrN5O4S. The molecule has 0 saturated carbocycles. The maximum Gasteiger partial charge on any atom is 0.285 e. The molecule has 2 aromatic rings. The van der Waals surface area contributed by atoms with Crippen LogP contribution < -0.4 is 10.5 Å². The van der Waals surface area contributed by atoms with E-state index in [1.54, 1.807) is 0 Å². The molecule has 9 nitrogen and oxygen atoms in total. The maximum atomic E-state index is 12.1. The summed E-state index contributed by atoms with van der Waals surface area (Å²) in [4.78, 5) is 17.1. The molecule has 3 N–H and O–H groups in total. The van der Waals surface area contributed by atoms with Gasteiger partial charge in [-0.3, -0.25) is 14.8 Å². The van der Waals surface area contributed by atoms with Crippen molar-refractivity contribution in [3.05, 3.63) is 45.2 Å². The highest BCUT2D eigenvalue weighted by Crippen LogP contribution is 2.28. The molecule has 2 rings (SSSR count). The summed E-state index contributed by atoms with van der Waals surface area (Å²) in [6.45, 7) is 0. The quantitative estimate of drug-likeness (QED) is 0.611. The van der Waals surface area contributed by atoms with E-state index in [0.29, 0.717) is 0 Å². The number of halogens is 1. The first-order valence-corrected chi connectivity index (χ1v) is 7.61. The van der Waals surface area contributed by atoms with Crippen LogP contribution in [0.5, 0.6) is 0 Å². The second-order valence-electron chi connectivity index (χ2n) is 3.81. The van der Waals surface area contributed by atoms with Crippen molar-refractivity contribution in [2.24, 2.45) is 0 Å². The van der Waals surface area contributed by atoms with Crippen LogP contribution in [0.25, 0.3) is 0 Å². The molecule has 0 bridgehead atoms. The Labute approximate surface area is 127 Å². The van der Waals surface area contributed by atoms with E-state index in [4.69, 9.17) is 5.73 Å². The third-order valence-electron chi connectivity index (χ3n) is 2.35. The minimum atomic E-state index is -3.95. The van der Waals surface area contributed by atoms with Gasteiger partial charge in [0, 0.05) is 6.07 Å². The van der Waals surface area contributed by atoms with Gasteiger partial charge in [0.1, 0.15) is 4.90 Å². The lowest BCUT2D eigenvalue weighted by molar-refractivity contribution is -0.385. The van der Waals surface area contributed by atoms with Crippen molar-refractivity contribution in [2.75, 3.05) is 10.5 Å². The predicted molar refractivity (Wildman–Crippen MR) is 78.0 cm³/mol. The summed E-state index contributed by atoms with van der Waals surface area (Å²) in [5.41, 5.74) is 5.06. The fourth-order valence-corrected chi connectivity index (χ4v) is 2.72. The summed E-state index contributed by atoms with van der Waals surface area (Å²) in [6.07, 6.45) is 2.08. The molecule has 1 aromatic heterocycles. The van der Waals surface area contributed by atoms with Crippen LogP contribution in [0.3, 0.4) is 0 Å². The lowest BCUT2D eigenvalue weighted by atomic mass is 10.3. The van der Waals surface area contributed by atoms with Crippen LogP contribution in [0.2, 0.25) is 0 Å². The van der Waals surface area contributed by atoms with E-state index in [2.05, 4.69) is 30.6 Å². The van der Waals surface area contributed by atoms with E-state index in [9.17, 15) is 18.5 Å². The van der Waals surface area contributed by atoms with Gasteiger partial charge in [-0.25, -0.2) is 18.4 Å². The number of nitrogens with two attached hydrogens (primary N) is 1. The van der Waals surface area contributed by atoms with E-state index in [1.165, 1.54) is 12.1 Å². The third-order valence-corrected chi connectivity index (χ3v) is 4.36. The topological polar surface area (TPSA) is 141 Å². The molecule has 21 heavy (non-hydrogen) atoms. The van der Waals surface area contributed by atoms with Crippen LogP contribution in [-0.4, -0.2) is 23.3 Å². The SMILES string of the molecule is Nc1ncc(S(=O)(=O)Nc2ccc(Br)c([N+](=O)[O-])c2)cn1. The number of aromatic nitrogens is 2. The maximum absolute atomic E-state index is 12.1. The molecule has 11 heteroatoms. The number of nitro groups is 1. The van der Waals surface area contributed by atoms with Gasteiger partial charge >= 0.3 is 0 Å². The Bertz CT molecular complexity index is 794. The fourth-order valence-electron chi connectivity index (χ4n) is 1.40. The number of hydrogen-bond donors (Lipinski definition) is 2. The minimum Gasteiger partial charge on any atom is -0.368 e. The summed E-state index contributed by atoms with van der Waals surface area (Å²) >= 11 is 3.01. The standard InChI is InChI=1S/C10H8BrN5O4S/c11-8-2-1-6(3-9(8)16(17)18)15-21(19,20)7-4-13-10(12)14-5-7/h1-5,15H,(H2,12,13,14). The van der Waals surface area contributed by atoms with Gasteiger partial charge in [-0.1, -0.05) is 0 Å². The average Bonchev–Trinajstić information content (AvgIpc) is 2.41. The summed E-state index contributed by atoms with van der Waals surface area (Å²) in [5, 5.41) is 10.8. The molecule has 0 aliphatic heterocycles. The van der Waals surface area contributed by atoms with Gasteiger partial charge in [-0.15, -0.1) is 0 Å². The highest BCUT2D eigenvalue weighted by molar-refractivity contribution is 9.10. The van der Waals surface area contributed by atoms with Gasteiger partial charge in [-0.05, 0) is 28.1 Å². The Morgan fingerprint density at radius 3 is 2.48 bits per heavy atom. The first-order chi connectivity index (χ1) is 9.79. The zero-order chi connectivity index (χ0) is 15.6. The summed E-state index contributed by atoms with van der Waals surface area (Å²) in [6, 6.07) is 3.85. The van der Waals surface area contributed by atoms with Crippen molar-refractivity contribution in [3.8, 4) is 0 Å². The number of sulfonamides is 1. The summed E-state index contributed by atoms with van der Waals surface area (Å²) < 4.78 is 26.6. The van der Waals surface area contributed by atoms with E-state index in [-0.39, 0.29) is 26.7 Å². The Morgan fingerprint density at radius 1 is 1.29 bits per heavy atom. The van der Waals surface area contributed by atoms with Crippen molar-refractivity contribution < 1.29 is 13.3 Å². The number of nitrogen functional groups attached to an aromatic ring is 1. The molecule has 0 radical (unpaired) electrons. The smallest absolute Gasteiger partial charge is 0.285 e. The number of benzene rings is 1. The van der Waals surface area contributed by atoms with Crippen LogP contribution >= 0.6 is 15.9 Å². The van der Waals surface area contributed by atoms with Gasteiger partial charge in [0.25, 0.3) is 15.7 Å².